The van der Waals surface area contributed by atoms with E-state index in [1.807, 2.05) is 44.2 Å². The Morgan fingerprint density at radius 2 is 1.71 bits per heavy atom. The lowest BCUT2D eigenvalue weighted by molar-refractivity contribution is -0.142. The highest BCUT2D eigenvalue weighted by molar-refractivity contribution is 7.81. The van der Waals surface area contributed by atoms with Gasteiger partial charge in [-0.2, -0.15) is 12.6 Å². The third-order valence-electron chi connectivity index (χ3n) is 3.40. The molecule has 7 heteroatoms. The number of carboxylic acids is 1. The van der Waals surface area contributed by atoms with Crippen molar-refractivity contribution >= 4 is 30.4 Å². The van der Waals surface area contributed by atoms with Crippen molar-refractivity contribution in [1.29, 1.82) is 0 Å². The van der Waals surface area contributed by atoms with Crippen LogP contribution in [0.5, 0.6) is 0 Å². The average molecular weight is 352 g/mol. The topological polar surface area (TPSA) is 95.5 Å². The van der Waals surface area contributed by atoms with E-state index in [0.29, 0.717) is 6.42 Å². The summed E-state index contributed by atoms with van der Waals surface area (Å²) in [6.07, 6.45) is 0.597. The van der Waals surface area contributed by atoms with Gasteiger partial charge >= 0.3 is 5.97 Å². The summed E-state index contributed by atoms with van der Waals surface area (Å²) in [6, 6.07) is 7.39. The first-order chi connectivity index (χ1) is 11.3. The molecule has 0 unspecified atom stereocenters. The number of nitrogens with one attached hydrogen (secondary N) is 2. The van der Waals surface area contributed by atoms with Gasteiger partial charge in [-0.25, -0.2) is 4.79 Å². The number of benzene rings is 1. The van der Waals surface area contributed by atoms with Crippen LogP contribution >= 0.6 is 12.6 Å². The fourth-order valence-electron chi connectivity index (χ4n) is 2.26. The van der Waals surface area contributed by atoms with Crippen molar-refractivity contribution in [2.75, 3.05) is 5.75 Å². The Morgan fingerprint density at radius 1 is 1.08 bits per heavy atom. The van der Waals surface area contributed by atoms with Gasteiger partial charge in [0.25, 0.3) is 0 Å². The standard InChI is InChI=1S/C17H24N2O4S/c1-11(2)8-14(17(22)23)19-16(21)13(18-15(20)10-24)9-12-6-4-3-5-7-12/h3-7,11,13-14,24H,8-10H2,1-2H3,(H,18,20)(H,19,21)(H,22,23)/t13-,14-/m0/s1. The molecule has 0 aliphatic rings. The molecule has 1 rings (SSSR count). The number of carboxylic acid groups (broad SMARTS) is 1. The van der Waals surface area contributed by atoms with E-state index in [-0.39, 0.29) is 24.0 Å². The molecule has 0 aromatic heterocycles. The van der Waals surface area contributed by atoms with Crippen LogP contribution in [-0.4, -0.2) is 40.7 Å². The highest BCUT2D eigenvalue weighted by atomic mass is 32.1. The molecular weight excluding hydrogens is 328 g/mol. The molecular formula is C17H24N2O4S. The summed E-state index contributed by atoms with van der Waals surface area (Å²) < 4.78 is 0. The van der Waals surface area contributed by atoms with Gasteiger partial charge in [-0.3, -0.25) is 9.59 Å². The molecule has 0 fully saturated rings. The number of thiol groups is 1. The highest BCUT2D eigenvalue weighted by Crippen LogP contribution is 2.08. The molecule has 0 spiro atoms. The van der Waals surface area contributed by atoms with Crippen LogP contribution in [0.15, 0.2) is 30.3 Å². The Kier molecular flexibility index (Phi) is 8.32. The number of hydrogen-bond donors (Lipinski definition) is 4. The summed E-state index contributed by atoms with van der Waals surface area (Å²) in [5, 5.41) is 14.4. The molecule has 6 nitrogen and oxygen atoms in total. The molecule has 3 N–H and O–H groups in total. The number of rotatable bonds is 9. The fraction of sp³-hybridized carbons (Fsp3) is 0.471. The van der Waals surface area contributed by atoms with Gasteiger partial charge in [-0.1, -0.05) is 44.2 Å². The predicted molar refractivity (Wildman–Crippen MR) is 95.0 cm³/mol. The summed E-state index contributed by atoms with van der Waals surface area (Å²) in [7, 11) is 0. The van der Waals surface area contributed by atoms with Crippen molar-refractivity contribution in [3.05, 3.63) is 35.9 Å². The van der Waals surface area contributed by atoms with Crippen LogP contribution in [0.2, 0.25) is 0 Å². The number of hydrogen-bond acceptors (Lipinski definition) is 4. The molecule has 0 aliphatic carbocycles. The number of carbonyl (C=O) groups excluding carboxylic acids is 2. The molecule has 2 atom stereocenters. The molecule has 0 heterocycles. The smallest absolute Gasteiger partial charge is 0.326 e. The normalized spacial score (nSPS) is 13.2. The Labute approximate surface area is 147 Å². The second-order valence-electron chi connectivity index (χ2n) is 6.00. The largest absolute Gasteiger partial charge is 0.480 e. The maximum atomic E-state index is 12.5. The molecule has 0 bridgehead atoms. The second kappa shape index (κ2) is 9.97. The predicted octanol–water partition coefficient (Wildman–Crippen LogP) is 1.26. The first-order valence-corrected chi connectivity index (χ1v) is 8.44. The summed E-state index contributed by atoms with van der Waals surface area (Å²) in [5.41, 5.74) is 0.868. The molecule has 24 heavy (non-hydrogen) atoms. The molecule has 1 aromatic carbocycles. The third-order valence-corrected chi connectivity index (χ3v) is 3.69. The minimum absolute atomic E-state index is 0.0487. The second-order valence-corrected chi connectivity index (χ2v) is 6.31. The quantitative estimate of drug-likeness (QED) is 0.503. The van der Waals surface area contributed by atoms with Crippen LogP contribution < -0.4 is 10.6 Å². The van der Waals surface area contributed by atoms with E-state index in [1.54, 1.807) is 0 Å². The molecule has 0 radical (unpaired) electrons. The van der Waals surface area contributed by atoms with E-state index < -0.39 is 24.0 Å². The zero-order valence-corrected chi connectivity index (χ0v) is 14.8. The van der Waals surface area contributed by atoms with Gasteiger partial charge in [0, 0.05) is 6.42 Å². The van der Waals surface area contributed by atoms with Gasteiger partial charge in [0.1, 0.15) is 12.1 Å². The van der Waals surface area contributed by atoms with E-state index in [0.717, 1.165) is 5.56 Å². The molecule has 0 aliphatic heterocycles. The van der Waals surface area contributed by atoms with Crippen LogP contribution in [0.4, 0.5) is 0 Å². The minimum Gasteiger partial charge on any atom is -0.480 e. The molecule has 0 saturated heterocycles. The van der Waals surface area contributed by atoms with Crippen LogP contribution in [-0.2, 0) is 20.8 Å². The van der Waals surface area contributed by atoms with Crippen LogP contribution in [0.1, 0.15) is 25.8 Å². The third kappa shape index (κ3) is 7.04. The van der Waals surface area contributed by atoms with Crippen molar-refractivity contribution in [2.45, 2.75) is 38.8 Å². The zero-order valence-electron chi connectivity index (χ0n) is 13.9. The van der Waals surface area contributed by atoms with E-state index in [2.05, 4.69) is 23.3 Å². The van der Waals surface area contributed by atoms with Gasteiger partial charge in [0.15, 0.2) is 0 Å². The zero-order chi connectivity index (χ0) is 18.1. The molecule has 132 valence electrons. The summed E-state index contributed by atoms with van der Waals surface area (Å²) >= 11 is 3.89. The maximum Gasteiger partial charge on any atom is 0.326 e. The molecule has 0 saturated carbocycles. The lowest BCUT2D eigenvalue weighted by atomic mass is 10.0. The van der Waals surface area contributed by atoms with Crippen molar-refractivity contribution in [3.8, 4) is 0 Å². The number of carbonyl (C=O) groups is 3. The lowest BCUT2D eigenvalue weighted by Crippen LogP contribution is -2.53. The van der Waals surface area contributed by atoms with Crippen LogP contribution in [0, 0.1) is 5.92 Å². The molecule has 2 amide bonds. The van der Waals surface area contributed by atoms with Gasteiger partial charge in [-0.15, -0.1) is 0 Å². The number of aliphatic carboxylic acids is 1. The first-order valence-electron chi connectivity index (χ1n) is 7.80. The van der Waals surface area contributed by atoms with Gasteiger partial charge in [-0.05, 0) is 17.9 Å². The first kappa shape index (κ1) is 20.0. The summed E-state index contributed by atoms with van der Waals surface area (Å²) in [5.74, 6) is -1.92. The van der Waals surface area contributed by atoms with Gasteiger partial charge in [0.2, 0.25) is 11.8 Å². The monoisotopic (exact) mass is 352 g/mol. The van der Waals surface area contributed by atoms with E-state index >= 15 is 0 Å². The van der Waals surface area contributed by atoms with E-state index in [1.165, 1.54) is 0 Å². The Hall–Kier alpha value is -2.02. The maximum absolute atomic E-state index is 12.5. The van der Waals surface area contributed by atoms with Gasteiger partial charge in [0.05, 0.1) is 5.75 Å². The average Bonchev–Trinajstić information content (AvgIpc) is 2.53. The van der Waals surface area contributed by atoms with Crippen LogP contribution in [0.25, 0.3) is 0 Å². The van der Waals surface area contributed by atoms with E-state index in [4.69, 9.17) is 0 Å². The number of amides is 2. The van der Waals surface area contributed by atoms with Crippen molar-refractivity contribution in [1.82, 2.24) is 10.6 Å². The fourth-order valence-corrected chi connectivity index (χ4v) is 2.36. The SMILES string of the molecule is CC(C)C[C@H](NC(=O)[C@H](Cc1ccccc1)NC(=O)CS)C(=O)O. The Morgan fingerprint density at radius 3 is 2.21 bits per heavy atom. The van der Waals surface area contributed by atoms with Crippen molar-refractivity contribution in [2.24, 2.45) is 5.92 Å². The Bertz CT molecular complexity index is 563. The summed E-state index contributed by atoms with van der Waals surface area (Å²) in [4.78, 5) is 35.4. The van der Waals surface area contributed by atoms with Gasteiger partial charge < -0.3 is 15.7 Å². The Balaban J connectivity index is 2.85. The minimum atomic E-state index is -1.09. The van der Waals surface area contributed by atoms with E-state index in [9.17, 15) is 19.5 Å². The summed E-state index contributed by atoms with van der Waals surface area (Å²) in [6.45, 7) is 3.76. The molecule has 1 aromatic rings. The van der Waals surface area contributed by atoms with Crippen LogP contribution in [0.3, 0.4) is 0 Å². The lowest BCUT2D eigenvalue weighted by Gasteiger charge is -2.22. The van der Waals surface area contributed by atoms with Crippen molar-refractivity contribution in [3.63, 3.8) is 0 Å². The van der Waals surface area contributed by atoms with Crippen molar-refractivity contribution < 1.29 is 19.5 Å². The highest BCUT2D eigenvalue weighted by Gasteiger charge is 2.27.